The lowest BCUT2D eigenvalue weighted by atomic mass is 10.00. The molecule has 0 atom stereocenters. The molecule has 0 fully saturated rings. The van der Waals surface area contributed by atoms with Crippen molar-refractivity contribution in [2.75, 3.05) is 5.73 Å². The Morgan fingerprint density at radius 1 is 1.19 bits per heavy atom. The topological polar surface area (TPSA) is 77.8 Å². The summed E-state index contributed by atoms with van der Waals surface area (Å²) in [7, 11) is 0. The zero-order valence-electron chi connectivity index (χ0n) is 9.14. The minimum Gasteiger partial charge on any atom is -0.368 e. The monoisotopic (exact) mass is 214 g/mol. The highest BCUT2D eigenvalue weighted by atomic mass is 15.0. The van der Waals surface area contributed by atoms with E-state index in [-0.39, 0.29) is 0 Å². The average molecular weight is 214 g/mol. The molecule has 0 spiro atoms. The second-order valence-corrected chi connectivity index (χ2v) is 3.59. The summed E-state index contributed by atoms with van der Waals surface area (Å²) in [5.74, 6) is 0.298. The molecule has 1 aromatic heterocycles. The summed E-state index contributed by atoms with van der Waals surface area (Å²) >= 11 is 0. The van der Waals surface area contributed by atoms with Gasteiger partial charge in [0, 0.05) is 18.3 Å². The van der Waals surface area contributed by atoms with E-state index in [1.807, 2.05) is 31.2 Å². The number of nitrogens with two attached hydrogens (primary N) is 2. The van der Waals surface area contributed by atoms with Gasteiger partial charge < -0.3 is 11.5 Å². The number of rotatable bonds is 2. The van der Waals surface area contributed by atoms with Crippen LogP contribution in [-0.2, 0) is 6.54 Å². The normalized spacial score (nSPS) is 10.4. The maximum atomic E-state index is 5.70. The first-order valence-electron chi connectivity index (χ1n) is 5.10. The number of hydrogen-bond acceptors (Lipinski definition) is 4. The molecule has 2 aromatic rings. The van der Waals surface area contributed by atoms with E-state index in [0.29, 0.717) is 12.5 Å². The largest absolute Gasteiger partial charge is 0.368 e. The van der Waals surface area contributed by atoms with Crippen LogP contribution in [0.5, 0.6) is 0 Å². The van der Waals surface area contributed by atoms with Crippen LogP contribution in [0, 0.1) is 6.92 Å². The van der Waals surface area contributed by atoms with Crippen molar-refractivity contribution in [2.45, 2.75) is 13.5 Å². The molecule has 4 nitrogen and oxygen atoms in total. The van der Waals surface area contributed by atoms with Gasteiger partial charge in [0.05, 0.1) is 5.69 Å². The minimum absolute atomic E-state index is 0.298. The van der Waals surface area contributed by atoms with Crippen molar-refractivity contribution in [1.29, 1.82) is 0 Å². The summed E-state index contributed by atoms with van der Waals surface area (Å²) in [6.45, 7) is 2.42. The number of anilines is 1. The molecule has 0 saturated carbocycles. The van der Waals surface area contributed by atoms with E-state index in [1.54, 1.807) is 6.20 Å². The first-order chi connectivity index (χ1) is 7.72. The van der Waals surface area contributed by atoms with Crippen molar-refractivity contribution in [3.8, 4) is 11.1 Å². The Morgan fingerprint density at radius 2 is 1.94 bits per heavy atom. The molecule has 2 rings (SSSR count). The van der Waals surface area contributed by atoms with E-state index in [1.165, 1.54) is 0 Å². The summed E-state index contributed by atoms with van der Waals surface area (Å²) in [6, 6.07) is 7.97. The zero-order valence-corrected chi connectivity index (χ0v) is 9.14. The van der Waals surface area contributed by atoms with E-state index in [9.17, 15) is 0 Å². The van der Waals surface area contributed by atoms with Crippen LogP contribution in [0.1, 0.15) is 11.3 Å². The zero-order chi connectivity index (χ0) is 11.5. The third-order valence-electron chi connectivity index (χ3n) is 2.53. The van der Waals surface area contributed by atoms with Crippen LogP contribution < -0.4 is 11.5 Å². The van der Waals surface area contributed by atoms with Crippen LogP contribution in [-0.4, -0.2) is 9.97 Å². The fourth-order valence-electron chi connectivity index (χ4n) is 1.71. The van der Waals surface area contributed by atoms with Crippen molar-refractivity contribution >= 4 is 5.95 Å². The summed E-state index contributed by atoms with van der Waals surface area (Å²) < 4.78 is 0. The van der Waals surface area contributed by atoms with Crippen molar-refractivity contribution in [2.24, 2.45) is 5.73 Å². The molecule has 0 aliphatic rings. The first kappa shape index (κ1) is 10.6. The Kier molecular flexibility index (Phi) is 2.83. The number of aromatic nitrogens is 2. The van der Waals surface area contributed by atoms with Crippen LogP contribution in [0.15, 0.2) is 30.5 Å². The number of benzene rings is 1. The van der Waals surface area contributed by atoms with E-state index in [2.05, 4.69) is 9.97 Å². The van der Waals surface area contributed by atoms with Gasteiger partial charge in [0.1, 0.15) is 0 Å². The molecule has 82 valence electrons. The molecule has 1 aromatic carbocycles. The summed E-state index contributed by atoms with van der Waals surface area (Å²) in [5, 5.41) is 0. The third-order valence-corrected chi connectivity index (χ3v) is 2.53. The highest BCUT2D eigenvalue weighted by Crippen LogP contribution is 2.25. The lowest BCUT2D eigenvalue weighted by molar-refractivity contribution is 1.06. The Balaban J connectivity index is 2.58. The number of aryl methyl sites for hydroxylation is 1. The molecule has 16 heavy (non-hydrogen) atoms. The van der Waals surface area contributed by atoms with Gasteiger partial charge in [-0.05, 0) is 18.1 Å². The molecule has 0 radical (unpaired) electrons. The summed E-state index contributed by atoms with van der Waals surface area (Å²) in [4.78, 5) is 8.17. The highest BCUT2D eigenvalue weighted by Gasteiger charge is 2.07. The molecule has 0 bridgehead atoms. The van der Waals surface area contributed by atoms with E-state index >= 15 is 0 Å². The molecule has 0 aliphatic carbocycles. The molecule has 1 heterocycles. The van der Waals surface area contributed by atoms with Crippen LogP contribution in [0.4, 0.5) is 5.95 Å². The van der Waals surface area contributed by atoms with Gasteiger partial charge in [0.25, 0.3) is 0 Å². The molecule has 0 saturated heterocycles. The maximum absolute atomic E-state index is 5.70. The Hall–Kier alpha value is -1.94. The summed E-state index contributed by atoms with van der Waals surface area (Å²) in [6.07, 6.45) is 1.74. The van der Waals surface area contributed by atoms with Gasteiger partial charge in [0.15, 0.2) is 0 Å². The van der Waals surface area contributed by atoms with Gasteiger partial charge in [-0.15, -0.1) is 0 Å². The van der Waals surface area contributed by atoms with Crippen molar-refractivity contribution in [3.63, 3.8) is 0 Å². The average Bonchev–Trinajstić information content (AvgIpc) is 2.29. The fraction of sp³-hybridized carbons (Fsp3) is 0.167. The molecular formula is C12H14N4. The molecule has 0 unspecified atom stereocenters. The number of hydrogen-bond donors (Lipinski definition) is 2. The van der Waals surface area contributed by atoms with Crippen molar-refractivity contribution < 1.29 is 0 Å². The van der Waals surface area contributed by atoms with E-state index in [4.69, 9.17) is 11.5 Å². The third kappa shape index (κ3) is 1.87. The van der Waals surface area contributed by atoms with Crippen molar-refractivity contribution in [3.05, 3.63) is 41.7 Å². The number of nitrogen functional groups attached to an aromatic ring is 1. The minimum atomic E-state index is 0.298. The SMILES string of the molecule is Cc1nc(N)ncc1-c1ccccc1CN. The highest BCUT2D eigenvalue weighted by molar-refractivity contribution is 5.68. The Labute approximate surface area is 94.3 Å². The molecular weight excluding hydrogens is 200 g/mol. The number of nitrogens with zero attached hydrogens (tertiary/aromatic N) is 2. The van der Waals surface area contributed by atoms with Crippen molar-refractivity contribution in [1.82, 2.24) is 9.97 Å². The van der Waals surface area contributed by atoms with E-state index < -0.39 is 0 Å². The fourth-order valence-corrected chi connectivity index (χ4v) is 1.71. The van der Waals surface area contributed by atoms with Gasteiger partial charge in [-0.1, -0.05) is 24.3 Å². The van der Waals surface area contributed by atoms with Gasteiger partial charge in [-0.25, -0.2) is 9.97 Å². The van der Waals surface area contributed by atoms with Gasteiger partial charge in [0.2, 0.25) is 5.95 Å². The standard InChI is InChI=1S/C12H14N4/c1-8-11(7-15-12(14)16-8)10-5-3-2-4-9(10)6-13/h2-5,7H,6,13H2,1H3,(H2,14,15,16). The lowest BCUT2D eigenvalue weighted by Gasteiger charge is -2.09. The maximum Gasteiger partial charge on any atom is 0.220 e. The molecule has 4 heteroatoms. The lowest BCUT2D eigenvalue weighted by Crippen LogP contribution is -2.02. The first-order valence-corrected chi connectivity index (χ1v) is 5.10. The van der Waals surface area contributed by atoms with Crippen LogP contribution in [0.25, 0.3) is 11.1 Å². The molecule has 0 amide bonds. The summed E-state index contributed by atoms with van der Waals surface area (Å²) in [5.41, 5.74) is 15.2. The Morgan fingerprint density at radius 3 is 2.62 bits per heavy atom. The van der Waals surface area contributed by atoms with Gasteiger partial charge >= 0.3 is 0 Å². The van der Waals surface area contributed by atoms with Gasteiger partial charge in [-0.2, -0.15) is 0 Å². The van der Waals surface area contributed by atoms with Crippen LogP contribution in [0.3, 0.4) is 0 Å². The second-order valence-electron chi connectivity index (χ2n) is 3.59. The predicted octanol–water partition coefficient (Wildman–Crippen LogP) is 1.49. The quantitative estimate of drug-likeness (QED) is 0.794. The Bertz CT molecular complexity index is 508. The molecule has 0 aliphatic heterocycles. The van der Waals surface area contributed by atoms with Gasteiger partial charge in [-0.3, -0.25) is 0 Å². The predicted molar refractivity (Wildman–Crippen MR) is 64.5 cm³/mol. The van der Waals surface area contributed by atoms with E-state index in [0.717, 1.165) is 22.4 Å². The second kappa shape index (κ2) is 4.28. The molecule has 4 N–H and O–H groups in total. The van der Waals surface area contributed by atoms with Crippen LogP contribution in [0.2, 0.25) is 0 Å². The van der Waals surface area contributed by atoms with Crippen LogP contribution >= 0.6 is 0 Å². The smallest absolute Gasteiger partial charge is 0.220 e.